The van der Waals surface area contributed by atoms with Crippen LogP contribution in [0.2, 0.25) is 5.02 Å². The van der Waals surface area contributed by atoms with Crippen LogP contribution in [0.5, 0.6) is 5.75 Å². The fourth-order valence-corrected chi connectivity index (χ4v) is 3.53. The molecule has 0 radical (unpaired) electrons. The summed E-state index contributed by atoms with van der Waals surface area (Å²) in [6.45, 7) is 0. The highest BCUT2D eigenvalue weighted by molar-refractivity contribution is 6.30. The van der Waals surface area contributed by atoms with Crippen LogP contribution in [0.25, 0.3) is 0 Å². The summed E-state index contributed by atoms with van der Waals surface area (Å²) in [6, 6.07) is 5.45. The zero-order chi connectivity index (χ0) is 15.5. The van der Waals surface area contributed by atoms with Crippen molar-refractivity contribution >= 4 is 17.4 Å². The van der Waals surface area contributed by atoms with Crippen LogP contribution in [0.3, 0.4) is 0 Å². The van der Waals surface area contributed by atoms with E-state index in [2.05, 4.69) is 4.90 Å². The third-order valence-electron chi connectivity index (χ3n) is 4.65. The van der Waals surface area contributed by atoms with E-state index in [0.29, 0.717) is 11.4 Å². The lowest BCUT2D eigenvalue weighted by atomic mass is 9.76. The fraction of sp³-hybridized carbons (Fsp3) is 0.588. The summed E-state index contributed by atoms with van der Waals surface area (Å²) in [7, 11) is 5.65. The molecule has 1 aliphatic carbocycles. The number of halogens is 1. The molecule has 21 heavy (non-hydrogen) atoms. The minimum atomic E-state index is -0.328. The minimum absolute atomic E-state index is 0.271. The van der Waals surface area contributed by atoms with Gasteiger partial charge in [-0.25, -0.2) is 0 Å². The summed E-state index contributed by atoms with van der Waals surface area (Å²) in [5, 5.41) is 0.640. The van der Waals surface area contributed by atoms with Gasteiger partial charge in [-0.2, -0.15) is 0 Å². The molecule has 3 nitrogen and oxygen atoms in total. The molecule has 0 saturated heterocycles. The van der Waals surface area contributed by atoms with E-state index >= 15 is 0 Å². The van der Waals surface area contributed by atoms with Gasteiger partial charge in [0.05, 0.1) is 12.6 Å². The summed E-state index contributed by atoms with van der Waals surface area (Å²) in [5.41, 5.74) is 0.549. The lowest BCUT2D eigenvalue weighted by molar-refractivity contribution is -0.131. The predicted molar refractivity (Wildman–Crippen MR) is 86.2 cm³/mol. The molecule has 1 fully saturated rings. The first kappa shape index (κ1) is 16.3. The molecule has 0 heterocycles. The SMILES string of the molecule is COc1ccc(Cl)cc1CC(=O)C1(N(C)C)CCCCC1. The molecule has 0 bridgehead atoms. The zero-order valence-electron chi connectivity index (χ0n) is 13.1. The number of Topliss-reactive ketones (excluding diaryl/α,β-unsaturated/α-hetero) is 1. The second-order valence-electron chi connectivity index (χ2n) is 6.04. The highest BCUT2D eigenvalue weighted by Gasteiger charge is 2.41. The van der Waals surface area contributed by atoms with Crippen molar-refractivity contribution in [1.82, 2.24) is 4.90 Å². The van der Waals surface area contributed by atoms with Crippen molar-refractivity contribution < 1.29 is 9.53 Å². The Morgan fingerprint density at radius 3 is 2.52 bits per heavy atom. The molecule has 1 aromatic carbocycles. The second kappa shape index (κ2) is 6.80. The Hall–Kier alpha value is -1.06. The molecule has 1 aromatic rings. The van der Waals surface area contributed by atoms with E-state index < -0.39 is 0 Å². The first-order chi connectivity index (χ1) is 9.99. The number of nitrogens with zero attached hydrogens (tertiary/aromatic N) is 1. The van der Waals surface area contributed by atoms with Crippen molar-refractivity contribution in [3.63, 3.8) is 0 Å². The molecule has 1 aliphatic rings. The zero-order valence-corrected chi connectivity index (χ0v) is 13.9. The summed E-state index contributed by atoms with van der Waals surface area (Å²) in [6.07, 6.45) is 5.74. The number of carbonyl (C=O) groups excluding carboxylic acids is 1. The van der Waals surface area contributed by atoms with Crippen LogP contribution in [-0.2, 0) is 11.2 Å². The monoisotopic (exact) mass is 309 g/mol. The smallest absolute Gasteiger partial charge is 0.157 e. The first-order valence-corrected chi connectivity index (χ1v) is 7.90. The minimum Gasteiger partial charge on any atom is -0.496 e. The normalized spacial score (nSPS) is 17.8. The molecular weight excluding hydrogens is 286 g/mol. The van der Waals surface area contributed by atoms with Crippen molar-refractivity contribution in [3.8, 4) is 5.75 Å². The van der Waals surface area contributed by atoms with Crippen molar-refractivity contribution in [1.29, 1.82) is 0 Å². The molecule has 1 saturated carbocycles. The lowest BCUT2D eigenvalue weighted by Gasteiger charge is -2.41. The van der Waals surface area contributed by atoms with Crippen LogP contribution in [0.4, 0.5) is 0 Å². The molecule has 0 aromatic heterocycles. The number of likely N-dealkylation sites (N-methyl/N-ethyl adjacent to an activating group) is 1. The molecule has 0 spiro atoms. The molecule has 4 heteroatoms. The van der Waals surface area contributed by atoms with Crippen LogP contribution >= 0.6 is 11.6 Å². The number of carbonyl (C=O) groups is 1. The Balaban J connectivity index is 2.25. The van der Waals surface area contributed by atoms with E-state index in [1.165, 1.54) is 6.42 Å². The van der Waals surface area contributed by atoms with Gasteiger partial charge >= 0.3 is 0 Å². The van der Waals surface area contributed by atoms with Crippen molar-refractivity contribution in [3.05, 3.63) is 28.8 Å². The number of hydrogen-bond donors (Lipinski definition) is 0. The van der Waals surface area contributed by atoms with Gasteiger partial charge in [0.2, 0.25) is 0 Å². The first-order valence-electron chi connectivity index (χ1n) is 7.53. The van der Waals surface area contributed by atoms with Crippen LogP contribution in [0.15, 0.2) is 18.2 Å². The molecule has 0 aliphatic heterocycles. The van der Waals surface area contributed by atoms with Gasteiger partial charge in [0.25, 0.3) is 0 Å². The molecular formula is C17H24ClNO2. The quantitative estimate of drug-likeness (QED) is 0.830. The van der Waals surface area contributed by atoms with Crippen LogP contribution in [0, 0.1) is 0 Å². The van der Waals surface area contributed by atoms with Gasteiger partial charge in [-0.1, -0.05) is 30.9 Å². The van der Waals surface area contributed by atoms with Gasteiger partial charge in [0.1, 0.15) is 5.75 Å². The largest absolute Gasteiger partial charge is 0.496 e. The van der Waals surface area contributed by atoms with E-state index in [4.69, 9.17) is 16.3 Å². The topological polar surface area (TPSA) is 29.5 Å². The van der Waals surface area contributed by atoms with Crippen molar-refractivity contribution in [2.24, 2.45) is 0 Å². The Bertz CT molecular complexity index is 508. The number of ether oxygens (including phenoxy) is 1. The maximum atomic E-state index is 13.0. The van der Waals surface area contributed by atoms with Gasteiger partial charge in [-0.15, -0.1) is 0 Å². The van der Waals surface area contributed by atoms with E-state index in [-0.39, 0.29) is 11.3 Å². The van der Waals surface area contributed by atoms with E-state index in [1.54, 1.807) is 13.2 Å². The van der Waals surface area contributed by atoms with Crippen molar-refractivity contribution in [2.75, 3.05) is 21.2 Å². The van der Waals surface area contributed by atoms with Gasteiger partial charge in [0, 0.05) is 17.0 Å². The molecule has 0 atom stereocenters. The van der Waals surface area contributed by atoms with Gasteiger partial charge in [0.15, 0.2) is 5.78 Å². The number of hydrogen-bond acceptors (Lipinski definition) is 3. The third kappa shape index (κ3) is 3.41. The molecule has 0 unspecified atom stereocenters. The average Bonchev–Trinajstić information content (AvgIpc) is 2.48. The standard InChI is InChI=1S/C17H24ClNO2/c1-19(2)17(9-5-4-6-10-17)16(20)12-13-11-14(18)7-8-15(13)21-3/h7-8,11H,4-6,9-10,12H2,1-3H3. The molecule has 0 N–H and O–H groups in total. The van der Waals surface area contributed by atoms with Crippen LogP contribution < -0.4 is 4.74 Å². The summed E-state index contributed by atoms with van der Waals surface area (Å²) < 4.78 is 5.36. The van der Waals surface area contributed by atoms with Crippen LogP contribution in [-0.4, -0.2) is 37.4 Å². The Kier molecular flexibility index (Phi) is 5.28. The van der Waals surface area contributed by atoms with Gasteiger partial charge in [-0.05, 0) is 45.1 Å². The Morgan fingerprint density at radius 2 is 1.95 bits per heavy atom. The molecule has 0 amide bonds. The van der Waals surface area contributed by atoms with E-state index in [0.717, 1.165) is 37.0 Å². The number of ketones is 1. The van der Waals surface area contributed by atoms with Crippen molar-refractivity contribution in [2.45, 2.75) is 44.1 Å². The lowest BCUT2D eigenvalue weighted by Crippen LogP contribution is -2.53. The Labute approximate surface area is 132 Å². The number of methoxy groups -OCH3 is 1. The molecule has 2 rings (SSSR count). The predicted octanol–water partition coefficient (Wildman–Crippen LogP) is 3.72. The summed E-state index contributed by atoms with van der Waals surface area (Å²) >= 11 is 6.06. The maximum absolute atomic E-state index is 13.0. The average molecular weight is 310 g/mol. The van der Waals surface area contributed by atoms with Crippen LogP contribution in [0.1, 0.15) is 37.7 Å². The van der Waals surface area contributed by atoms with E-state index in [1.807, 2.05) is 26.2 Å². The highest BCUT2D eigenvalue weighted by Crippen LogP contribution is 2.35. The fourth-order valence-electron chi connectivity index (χ4n) is 3.33. The number of benzene rings is 1. The summed E-state index contributed by atoms with van der Waals surface area (Å²) in [4.78, 5) is 15.1. The Morgan fingerprint density at radius 1 is 1.29 bits per heavy atom. The molecule has 116 valence electrons. The highest BCUT2D eigenvalue weighted by atomic mass is 35.5. The van der Waals surface area contributed by atoms with Gasteiger partial charge < -0.3 is 4.74 Å². The summed E-state index contributed by atoms with van der Waals surface area (Å²) in [5.74, 6) is 1.00. The maximum Gasteiger partial charge on any atom is 0.157 e. The third-order valence-corrected chi connectivity index (χ3v) is 4.88. The van der Waals surface area contributed by atoms with E-state index in [9.17, 15) is 4.79 Å². The van der Waals surface area contributed by atoms with Gasteiger partial charge in [-0.3, -0.25) is 9.69 Å². The second-order valence-corrected chi connectivity index (χ2v) is 6.48. The number of rotatable bonds is 5.